The van der Waals surface area contributed by atoms with Crippen molar-refractivity contribution in [3.63, 3.8) is 0 Å². The Kier molecular flexibility index (Phi) is 12.2. The Morgan fingerprint density at radius 3 is 2.27 bits per heavy atom. The lowest BCUT2D eigenvalue weighted by Crippen LogP contribution is -2.51. The summed E-state index contributed by atoms with van der Waals surface area (Å²) in [6.45, 7) is 13.5. The maximum Gasteiger partial charge on any atom is 0.356 e. The molecule has 244 valence electrons. The highest BCUT2D eigenvalue weighted by Gasteiger charge is 2.32. The third kappa shape index (κ3) is 10.4. The molecule has 1 atom stereocenters. The Morgan fingerprint density at radius 1 is 1.00 bits per heavy atom. The summed E-state index contributed by atoms with van der Waals surface area (Å²) in [5, 5.41) is 19.9. The van der Waals surface area contributed by atoms with Gasteiger partial charge >= 0.3 is 11.4 Å². The van der Waals surface area contributed by atoms with Gasteiger partial charge in [-0.05, 0) is 74.7 Å². The van der Waals surface area contributed by atoms with Gasteiger partial charge in [-0.2, -0.15) is 4.68 Å². The normalized spacial score (nSPS) is 12.5. The maximum atomic E-state index is 13.4. The number of H-pyrrole nitrogens is 1. The number of azide groups is 1. The number of aromatic amines is 1. The van der Waals surface area contributed by atoms with Gasteiger partial charge in [0.15, 0.2) is 5.78 Å². The summed E-state index contributed by atoms with van der Waals surface area (Å²) in [6, 6.07) is 10.6. The number of nitrogens with zero attached hydrogens (tertiary/aromatic N) is 5. The monoisotopic (exact) mass is 625 g/mol. The second-order valence-corrected chi connectivity index (χ2v) is 12.5. The number of aromatic nitrogens is 3. The van der Waals surface area contributed by atoms with Gasteiger partial charge in [-0.1, -0.05) is 32.0 Å². The number of phenols is 1. The van der Waals surface area contributed by atoms with Crippen molar-refractivity contribution in [2.24, 2.45) is 10.5 Å². The third-order valence-corrected chi connectivity index (χ3v) is 6.54. The van der Waals surface area contributed by atoms with Crippen LogP contribution >= 0.6 is 0 Å². The standard InChI is InChI=1S/C31H43N7O7/c1-30(2,3)27(40)24(34-31(4,5)6)19-21-7-12-26(39)25(20-21)38-29(42)37(28(41)35-38)22-8-10-23(11-9-22)45-18-17-44-16-15-43-14-13-33-36-32/h7-12,20,24,34,39H,13-19H2,1-6H3,(H,35,41)/t24-/m0/s1. The van der Waals surface area contributed by atoms with E-state index in [1.807, 2.05) is 41.5 Å². The molecule has 0 amide bonds. The Bertz CT molecular complexity index is 1590. The highest BCUT2D eigenvalue weighted by Crippen LogP contribution is 2.25. The number of ketones is 1. The zero-order chi connectivity index (χ0) is 33.2. The van der Waals surface area contributed by atoms with Crippen LogP contribution in [0, 0.1) is 5.41 Å². The van der Waals surface area contributed by atoms with Crippen LogP contribution < -0.4 is 21.4 Å². The van der Waals surface area contributed by atoms with Gasteiger partial charge in [-0.3, -0.25) is 4.79 Å². The van der Waals surface area contributed by atoms with Crippen LogP contribution in [0.25, 0.3) is 21.8 Å². The molecule has 3 rings (SSSR count). The largest absolute Gasteiger partial charge is 0.506 e. The van der Waals surface area contributed by atoms with E-state index in [9.17, 15) is 19.5 Å². The zero-order valence-electron chi connectivity index (χ0n) is 26.7. The van der Waals surface area contributed by atoms with E-state index < -0.39 is 22.8 Å². The van der Waals surface area contributed by atoms with Crippen molar-refractivity contribution in [1.82, 2.24) is 19.7 Å². The average Bonchev–Trinajstić information content (AvgIpc) is 3.26. The summed E-state index contributed by atoms with van der Waals surface area (Å²) in [7, 11) is 0. The van der Waals surface area contributed by atoms with Gasteiger partial charge in [0, 0.05) is 22.4 Å². The SMILES string of the molecule is CC(C)(C)N[C@@H](Cc1ccc(O)c(-n2[nH]c(=O)n(-c3ccc(OCCOCCOCCN=[N+]=[N-])cc3)c2=O)c1)C(=O)C(C)(C)C. The first-order valence-electron chi connectivity index (χ1n) is 14.7. The fourth-order valence-electron chi connectivity index (χ4n) is 4.52. The summed E-state index contributed by atoms with van der Waals surface area (Å²) in [6.07, 6.45) is 0.319. The first kappa shape index (κ1) is 35.1. The number of hydrogen-bond acceptors (Lipinski definition) is 9. The van der Waals surface area contributed by atoms with Crippen LogP contribution in [0.4, 0.5) is 0 Å². The quantitative estimate of drug-likeness (QED) is 0.0931. The third-order valence-electron chi connectivity index (χ3n) is 6.54. The van der Waals surface area contributed by atoms with Crippen molar-refractivity contribution >= 4 is 5.78 Å². The topological polar surface area (TPSA) is 186 Å². The number of aromatic hydroxyl groups is 1. The smallest absolute Gasteiger partial charge is 0.356 e. The molecule has 0 unspecified atom stereocenters. The molecule has 3 N–H and O–H groups in total. The van der Waals surface area contributed by atoms with Gasteiger partial charge in [-0.25, -0.2) is 19.3 Å². The van der Waals surface area contributed by atoms with Gasteiger partial charge in [0.25, 0.3) is 0 Å². The van der Waals surface area contributed by atoms with Crippen LogP contribution in [0.5, 0.6) is 11.5 Å². The lowest BCUT2D eigenvalue weighted by molar-refractivity contribution is -0.128. The molecule has 3 aromatic rings. The molecule has 2 aromatic carbocycles. The fourth-order valence-corrected chi connectivity index (χ4v) is 4.52. The predicted molar refractivity (Wildman–Crippen MR) is 170 cm³/mol. The number of carbonyl (C=O) groups excluding carboxylic acids is 1. The first-order chi connectivity index (χ1) is 21.2. The molecule has 0 aliphatic carbocycles. The van der Waals surface area contributed by atoms with Gasteiger partial charge < -0.3 is 24.6 Å². The number of hydrogen-bond donors (Lipinski definition) is 3. The van der Waals surface area contributed by atoms with Crippen LogP contribution in [0.2, 0.25) is 0 Å². The second-order valence-electron chi connectivity index (χ2n) is 12.5. The van der Waals surface area contributed by atoms with Crippen molar-refractivity contribution in [3.8, 4) is 22.9 Å². The van der Waals surface area contributed by atoms with Crippen LogP contribution in [0.1, 0.15) is 47.1 Å². The zero-order valence-corrected chi connectivity index (χ0v) is 26.7. The number of nitrogens with one attached hydrogen (secondary N) is 2. The van der Waals surface area contributed by atoms with E-state index in [4.69, 9.17) is 19.7 Å². The minimum absolute atomic E-state index is 0.0358. The summed E-state index contributed by atoms with van der Waals surface area (Å²) < 4.78 is 18.3. The molecule has 0 spiro atoms. The number of ether oxygens (including phenoxy) is 3. The van der Waals surface area contributed by atoms with E-state index in [2.05, 4.69) is 20.4 Å². The van der Waals surface area contributed by atoms with Crippen molar-refractivity contribution < 1.29 is 24.1 Å². The molecule has 45 heavy (non-hydrogen) atoms. The van der Waals surface area contributed by atoms with E-state index in [1.165, 1.54) is 6.07 Å². The Hall–Kier alpha value is -4.36. The van der Waals surface area contributed by atoms with E-state index in [-0.39, 0.29) is 35.9 Å². The van der Waals surface area contributed by atoms with Gasteiger partial charge in [0.1, 0.15) is 23.8 Å². The highest BCUT2D eigenvalue weighted by molar-refractivity contribution is 5.89. The molecule has 0 aliphatic heterocycles. The number of rotatable bonds is 16. The molecule has 0 saturated heterocycles. The lowest BCUT2D eigenvalue weighted by Gasteiger charge is -2.32. The van der Waals surface area contributed by atoms with Gasteiger partial charge in [0.2, 0.25) is 0 Å². The molecule has 0 aliphatic rings. The minimum Gasteiger partial charge on any atom is -0.506 e. The number of Topliss-reactive ketones (excluding diaryl/α,β-unsaturated/α-hetero) is 1. The van der Waals surface area contributed by atoms with Crippen LogP contribution in [0.15, 0.2) is 57.2 Å². The molecule has 1 aromatic heterocycles. The molecule has 1 heterocycles. The van der Waals surface area contributed by atoms with Crippen LogP contribution in [-0.4, -0.2) is 76.4 Å². The van der Waals surface area contributed by atoms with E-state index in [0.29, 0.717) is 49.8 Å². The molecule has 0 bridgehead atoms. The average molecular weight is 626 g/mol. The molecule has 0 radical (unpaired) electrons. The van der Waals surface area contributed by atoms with Crippen molar-refractivity contribution in [2.45, 2.75) is 59.5 Å². The lowest BCUT2D eigenvalue weighted by atomic mass is 9.83. The van der Waals surface area contributed by atoms with E-state index in [1.54, 1.807) is 36.4 Å². The minimum atomic E-state index is -0.703. The first-order valence-corrected chi connectivity index (χ1v) is 14.7. The summed E-state index contributed by atoms with van der Waals surface area (Å²) in [4.78, 5) is 42.2. The molecular formula is C31H43N7O7. The highest BCUT2D eigenvalue weighted by atomic mass is 16.5. The molecule has 0 fully saturated rings. The van der Waals surface area contributed by atoms with E-state index >= 15 is 0 Å². The van der Waals surface area contributed by atoms with Crippen molar-refractivity contribution in [1.29, 1.82) is 0 Å². The van der Waals surface area contributed by atoms with Crippen LogP contribution in [0.3, 0.4) is 0 Å². The van der Waals surface area contributed by atoms with Crippen molar-refractivity contribution in [2.75, 3.05) is 39.6 Å². The second kappa shape index (κ2) is 15.6. The summed E-state index contributed by atoms with van der Waals surface area (Å²) in [5.41, 5.74) is 7.00. The van der Waals surface area contributed by atoms with Crippen LogP contribution in [-0.2, 0) is 20.7 Å². The Balaban J connectivity index is 1.71. The summed E-state index contributed by atoms with van der Waals surface area (Å²) in [5.74, 6) is 0.349. The number of carbonyl (C=O) groups is 1. The van der Waals surface area contributed by atoms with Crippen molar-refractivity contribution in [3.05, 3.63) is 79.4 Å². The Morgan fingerprint density at radius 2 is 1.64 bits per heavy atom. The number of phenolic OH excluding ortho intramolecular Hbond substituents is 1. The molecule has 14 nitrogen and oxygen atoms in total. The Labute approximate surface area is 261 Å². The van der Waals surface area contributed by atoms with Gasteiger partial charge in [0.05, 0.1) is 38.2 Å². The fraction of sp³-hybridized carbons (Fsp3) is 0.516. The summed E-state index contributed by atoms with van der Waals surface area (Å²) >= 11 is 0. The van der Waals surface area contributed by atoms with Gasteiger partial charge in [-0.15, -0.1) is 0 Å². The molecule has 0 saturated carbocycles. The van der Waals surface area contributed by atoms with E-state index in [0.717, 1.165) is 9.25 Å². The number of benzene rings is 2. The molecular weight excluding hydrogens is 582 g/mol. The predicted octanol–water partition coefficient (Wildman–Crippen LogP) is 3.66. The molecule has 14 heteroatoms. The maximum absolute atomic E-state index is 13.4.